The van der Waals surface area contributed by atoms with Gasteiger partial charge in [0.1, 0.15) is 5.58 Å². The van der Waals surface area contributed by atoms with Gasteiger partial charge in [-0.15, -0.1) is 0 Å². The number of amides is 2. The summed E-state index contributed by atoms with van der Waals surface area (Å²) in [5.74, 6) is 5.58. The lowest BCUT2D eigenvalue weighted by Gasteiger charge is -1.99. The Morgan fingerprint density at radius 3 is 2.67 bits per heavy atom. The first-order valence-corrected chi connectivity index (χ1v) is 8.93. The van der Waals surface area contributed by atoms with E-state index in [1.807, 2.05) is 0 Å². The zero-order chi connectivity index (χ0) is 19.2. The second-order valence-electron chi connectivity index (χ2n) is 5.30. The molecule has 0 saturated carbocycles. The topological polar surface area (TPSA) is 91.6 Å². The number of hydroxylamine groups is 1. The van der Waals surface area contributed by atoms with Crippen molar-refractivity contribution in [3.63, 3.8) is 0 Å². The predicted octanol–water partition coefficient (Wildman–Crippen LogP) is 4.06. The second kappa shape index (κ2) is 8.64. The molecule has 136 valence electrons. The Kier molecular flexibility index (Phi) is 6.04. The van der Waals surface area contributed by atoms with Gasteiger partial charge >= 0.3 is 5.24 Å². The predicted molar refractivity (Wildman–Crippen MR) is 103 cm³/mol. The second-order valence-corrected chi connectivity index (χ2v) is 6.79. The summed E-state index contributed by atoms with van der Waals surface area (Å²) >= 11 is 6.78. The van der Waals surface area contributed by atoms with E-state index in [2.05, 4.69) is 17.2 Å². The Hall–Kier alpha value is -2.92. The lowest BCUT2D eigenvalue weighted by atomic mass is 10.2. The molecule has 3 rings (SSSR count). The van der Waals surface area contributed by atoms with Crippen LogP contribution in [-0.4, -0.2) is 22.9 Å². The van der Waals surface area contributed by atoms with Crippen LogP contribution in [0.3, 0.4) is 0 Å². The number of carbonyl (C=O) groups excluding carboxylic acids is 2. The van der Waals surface area contributed by atoms with Gasteiger partial charge in [-0.3, -0.25) is 14.8 Å². The Bertz CT molecular complexity index is 1050. The molecule has 0 fully saturated rings. The highest BCUT2D eigenvalue weighted by Gasteiger charge is 2.11. The van der Waals surface area contributed by atoms with Gasteiger partial charge in [-0.1, -0.05) is 23.4 Å². The van der Waals surface area contributed by atoms with E-state index in [-0.39, 0.29) is 18.2 Å². The van der Waals surface area contributed by atoms with Gasteiger partial charge in [0.05, 0.1) is 6.54 Å². The first kappa shape index (κ1) is 18.9. The van der Waals surface area contributed by atoms with Crippen molar-refractivity contribution in [2.45, 2.75) is 4.90 Å². The van der Waals surface area contributed by atoms with Gasteiger partial charge in [-0.2, -0.15) is 0 Å². The summed E-state index contributed by atoms with van der Waals surface area (Å²) in [6, 6.07) is 13.7. The number of rotatable bonds is 3. The number of hydrogen-bond acceptors (Lipinski definition) is 5. The largest absolute Gasteiger partial charge is 0.451 e. The molecule has 3 N–H and O–H groups in total. The molecular weight excluding hydrogens is 388 g/mol. The normalized spacial score (nSPS) is 10.1. The van der Waals surface area contributed by atoms with Crippen LogP contribution in [0.15, 0.2) is 57.8 Å². The van der Waals surface area contributed by atoms with Gasteiger partial charge in [-0.25, -0.2) is 5.48 Å². The first-order chi connectivity index (χ1) is 13.0. The molecule has 8 heteroatoms. The van der Waals surface area contributed by atoms with E-state index in [0.717, 1.165) is 22.7 Å². The molecular formula is C19H13ClN2O4S. The number of hydrogen-bond donors (Lipinski definition) is 3. The highest BCUT2D eigenvalue weighted by molar-refractivity contribution is 8.13. The minimum Gasteiger partial charge on any atom is -0.451 e. The molecule has 0 bridgehead atoms. The van der Waals surface area contributed by atoms with Crippen LogP contribution in [0.4, 0.5) is 4.79 Å². The highest BCUT2D eigenvalue weighted by atomic mass is 35.5. The van der Waals surface area contributed by atoms with E-state index >= 15 is 0 Å². The fourth-order valence-corrected chi connectivity index (χ4v) is 2.93. The number of thioether (sulfide) groups is 1. The smallest absolute Gasteiger partial charge is 0.307 e. The molecule has 1 heterocycles. The van der Waals surface area contributed by atoms with Crippen molar-refractivity contribution in [1.29, 1.82) is 0 Å². The van der Waals surface area contributed by atoms with E-state index in [9.17, 15) is 9.59 Å². The van der Waals surface area contributed by atoms with Crippen molar-refractivity contribution in [2.24, 2.45) is 0 Å². The van der Waals surface area contributed by atoms with Crippen LogP contribution in [0.2, 0.25) is 5.02 Å². The number of halogens is 1. The van der Waals surface area contributed by atoms with E-state index in [4.69, 9.17) is 21.2 Å². The maximum Gasteiger partial charge on any atom is 0.307 e. The molecule has 0 saturated heterocycles. The van der Waals surface area contributed by atoms with E-state index in [1.54, 1.807) is 54.0 Å². The average molecular weight is 401 g/mol. The maximum atomic E-state index is 12.1. The van der Waals surface area contributed by atoms with Crippen molar-refractivity contribution in [2.75, 3.05) is 6.54 Å². The summed E-state index contributed by atoms with van der Waals surface area (Å²) in [5.41, 5.74) is 2.87. The molecule has 0 atom stereocenters. The zero-order valence-corrected chi connectivity index (χ0v) is 15.4. The molecule has 0 aliphatic rings. The highest BCUT2D eigenvalue weighted by Crippen LogP contribution is 2.23. The Balaban J connectivity index is 1.56. The van der Waals surface area contributed by atoms with Crippen molar-refractivity contribution < 1.29 is 19.2 Å². The van der Waals surface area contributed by atoms with Crippen LogP contribution in [0.25, 0.3) is 11.0 Å². The number of nitrogens with one attached hydrogen (secondary N) is 2. The lowest BCUT2D eigenvalue weighted by molar-refractivity contribution is 0.0933. The third-order valence-corrected chi connectivity index (χ3v) is 4.45. The summed E-state index contributed by atoms with van der Waals surface area (Å²) in [4.78, 5) is 23.8. The molecule has 2 amide bonds. The van der Waals surface area contributed by atoms with Crippen LogP contribution >= 0.6 is 23.4 Å². The third-order valence-electron chi connectivity index (χ3n) is 3.43. The van der Waals surface area contributed by atoms with Crippen LogP contribution < -0.4 is 10.8 Å². The van der Waals surface area contributed by atoms with E-state index < -0.39 is 5.24 Å². The Morgan fingerprint density at radius 2 is 1.93 bits per heavy atom. The maximum absolute atomic E-state index is 12.1. The lowest BCUT2D eigenvalue weighted by Crippen LogP contribution is -2.22. The van der Waals surface area contributed by atoms with Gasteiger partial charge < -0.3 is 9.73 Å². The minimum atomic E-state index is -0.565. The Morgan fingerprint density at radius 1 is 1.15 bits per heavy atom. The fraction of sp³-hybridized carbons (Fsp3) is 0.0526. The fourth-order valence-electron chi connectivity index (χ4n) is 2.22. The summed E-state index contributed by atoms with van der Waals surface area (Å²) in [6.45, 7) is 0.153. The summed E-state index contributed by atoms with van der Waals surface area (Å²) in [7, 11) is 0. The summed E-state index contributed by atoms with van der Waals surface area (Å²) < 4.78 is 5.48. The molecule has 0 unspecified atom stereocenters. The molecule has 2 aromatic carbocycles. The molecule has 3 aromatic rings. The standard InChI is InChI=1S/C19H13ClN2O4S/c20-14-5-8-16-13(10-14)11-17(26-16)18(23)21-9-1-2-12-3-6-15(7-4-12)27-19(24)22-25/h3-8,10-11,25H,9H2,(H,21,23)(H,22,24). The van der Waals surface area contributed by atoms with Gasteiger partial charge in [0.25, 0.3) is 5.91 Å². The monoisotopic (exact) mass is 400 g/mol. The van der Waals surface area contributed by atoms with Gasteiger partial charge in [0.15, 0.2) is 5.76 Å². The van der Waals surface area contributed by atoms with Gasteiger partial charge in [0.2, 0.25) is 0 Å². The van der Waals surface area contributed by atoms with Crippen molar-refractivity contribution in [1.82, 2.24) is 10.8 Å². The quantitative estimate of drug-likeness (QED) is 0.267. The van der Waals surface area contributed by atoms with Crippen LogP contribution in [0, 0.1) is 11.8 Å². The number of carbonyl (C=O) groups is 2. The van der Waals surface area contributed by atoms with E-state index in [1.165, 1.54) is 0 Å². The van der Waals surface area contributed by atoms with E-state index in [0.29, 0.717) is 15.5 Å². The molecule has 0 aliphatic heterocycles. The van der Waals surface area contributed by atoms with Gasteiger partial charge in [0, 0.05) is 20.9 Å². The third kappa shape index (κ3) is 5.05. The molecule has 1 aromatic heterocycles. The zero-order valence-electron chi connectivity index (χ0n) is 13.8. The number of fused-ring (bicyclic) bond motifs is 1. The number of benzene rings is 2. The molecule has 0 radical (unpaired) electrons. The molecule has 0 spiro atoms. The van der Waals surface area contributed by atoms with Crippen molar-refractivity contribution >= 4 is 45.5 Å². The minimum absolute atomic E-state index is 0.153. The number of furan rings is 1. The first-order valence-electron chi connectivity index (χ1n) is 7.73. The Labute approximate surface area is 163 Å². The molecule has 6 nitrogen and oxygen atoms in total. The van der Waals surface area contributed by atoms with Gasteiger partial charge in [-0.05, 0) is 60.3 Å². The molecule has 0 aliphatic carbocycles. The SMILES string of the molecule is O=C(NO)Sc1ccc(C#CCNC(=O)c2cc3cc(Cl)ccc3o2)cc1. The van der Waals surface area contributed by atoms with Crippen LogP contribution in [0.1, 0.15) is 16.1 Å². The van der Waals surface area contributed by atoms with Crippen molar-refractivity contribution in [3.8, 4) is 11.8 Å². The van der Waals surface area contributed by atoms with Crippen LogP contribution in [0.5, 0.6) is 0 Å². The van der Waals surface area contributed by atoms with Crippen molar-refractivity contribution in [3.05, 3.63) is 64.9 Å². The summed E-state index contributed by atoms with van der Waals surface area (Å²) in [5, 5.41) is 11.9. The average Bonchev–Trinajstić information content (AvgIpc) is 3.09. The summed E-state index contributed by atoms with van der Waals surface area (Å²) in [6.07, 6.45) is 0. The molecule has 27 heavy (non-hydrogen) atoms. The van der Waals surface area contributed by atoms with Crippen LogP contribution in [-0.2, 0) is 0 Å².